The Morgan fingerprint density at radius 3 is 2.65 bits per heavy atom. The molecule has 0 amide bonds. The smallest absolute Gasteiger partial charge is 0.213 e. The van der Waals surface area contributed by atoms with Gasteiger partial charge in [0.05, 0.1) is 6.10 Å². The maximum absolute atomic E-state index is 5.88. The molecule has 6 heteroatoms. The first-order valence-electron chi connectivity index (χ1n) is 8.11. The van der Waals surface area contributed by atoms with E-state index in [1.807, 2.05) is 12.1 Å². The SMILES string of the molecule is CCCNC(=NC)NCc1ccnc(OC(C)CC(C)C)c1.I. The molecule has 0 aliphatic rings. The van der Waals surface area contributed by atoms with Gasteiger partial charge in [-0.15, -0.1) is 24.0 Å². The monoisotopic (exact) mass is 434 g/mol. The van der Waals surface area contributed by atoms with Crippen molar-refractivity contribution in [3.05, 3.63) is 23.9 Å². The summed E-state index contributed by atoms with van der Waals surface area (Å²) in [6.45, 7) is 10.2. The number of rotatable bonds is 8. The standard InChI is InChI=1S/C17H30N4O.HI/c1-6-8-20-17(18-5)21-12-15-7-9-19-16(11-15)22-14(4)10-13(2)3;/h7,9,11,13-14H,6,8,10,12H2,1-5H3,(H2,18,20,21);1H. The minimum atomic E-state index is 0. The van der Waals surface area contributed by atoms with Gasteiger partial charge in [0.25, 0.3) is 0 Å². The maximum atomic E-state index is 5.88. The Morgan fingerprint density at radius 1 is 1.30 bits per heavy atom. The van der Waals surface area contributed by atoms with Gasteiger partial charge in [0.2, 0.25) is 5.88 Å². The number of hydrogen-bond acceptors (Lipinski definition) is 3. The van der Waals surface area contributed by atoms with E-state index in [2.05, 4.69) is 48.3 Å². The van der Waals surface area contributed by atoms with Crippen LogP contribution in [0.25, 0.3) is 0 Å². The molecule has 0 aromatic carbocycles. The third kappa shape index (κ3) is 9.63. The molecule has 0 saturated heterocycles. The number of nitrogens with one attached hydrogen (secondary N) is 2. The highest BCUT2D eigenvalue weighted by molar-refractivity contribution is 14.0. The molecule has 1 atom stereocenters. The molecular weight excluding hydrogens is 403 g/mol. The van der Waals surface area contributed by atoms with Crippen LogP contribution in [0.2, 0.25) is 0 Å². The number of pyridine rings is 1. The van der Waals surface area contributed by atoms with Crippen molar-refractivity contribution in [2.24, 2.45) is 10.9 Å². The Labute approximate surface area is 157 Å². The Morgan fingerprint density at radius 2 is 2.04 bits per heavy atom. The van der Waals surface area contributed by atoms with Crippen molar-refractivity contribution in [1.29, 1.82) is 0 Å². The van der Waals surface area contributed by atoms with E-state index in [-0.39, 0.29) is 30.1 Å². The lowest BCUT2D eigenvalue weighted by Gasteiger charge is -2.16. The van der Waals surface area contributed by atoms with Gasteiger partial charge in [-0.2, -0.15) is 0 Å². The summed E-state index contributed by atoms with van der Waals surface area (Å²) in [7, 11) is 1.78. The summed E-state index contributed by atoms with van der Waals surface area (Å²) in [6.07, 6.45) is 4.06. The lowest BCUT2D eigenvalue weighted by Crippen LogP contribution is -2.37. The van der Waals surface area contributed by atoms with E-state index in [0.29, 0.717) is 18.3 Å². The van der Waals surface area contributed by atoms with Gasteiger partial charge in [-0.25, -0.2) is 4.98 Å². The number of nitrogens with zero attached hydrogens (tertiary/aromatic N) is 2. The van der Waals surface area contributed by atoms with Crippen LogP contribution >= 0.6 is 24.0 Å². The van der Waals surface area contributed by atoms with Crippen LogP contribution in [0.5, 0.6) is 5.88 Å². The molecule has 5 nitrogen and oxygen atoms in total. The summed E-state index contributed by atoms with van der Waals surface area (Å²) in [6, 6.07) is 3.97. The number of ether oxygens (including phenoxy) is 1. The largest absolute Gasteiger partial charge is 0.475 e. The predicted molar refractivity (Wildman–Crippen MR) is 108 cm³/mol. The zero-order valence-electron chi connectivity index (χ0n) is 14.9. The van der Waals surface area contributed by atoms with Crippen LogP contribution in [0.3, 0.4) is 0 Å². The number of aromatic nitrogens is 1. The number of aliphatic imine (C=N–C) groups is 1. The molecule has 0 spiro atoms. The summed E-state index contributed by atoms with van der Waals surface area (Å²) < 4.78 is 5.88. The lowest BCUT2D eigenvalue weighted by atomic mass is 10.1. The first kappa shape index (κ1) is 21.9. The van der Waals surface area contributed by atoms with Gasteiger partial charge in [-0.3, -0.25) is 4.99 Å². The van der Waals surface area contributed by atoms with Gasteiger partial charge >= 0.3 is 0 Å². The highest BCUT2D eigenvalue weighted by Gasteiger charge is 2.08. The Kier molecular flexibility index (Phi) is 11.8. The molecule has 2 N–H and O–H groups in total. The normalized spacial score (nSPS) is 12.5. The second kappa shape index (κ2) is 12.4. The van der Waals surface area contributed by atoms with Crippen molar-refractivity contribution < 1.29 is 4.74 Å². The second-order valence-electron chi connectivity index (χ2n) is 5.91. The van der Waals surface area contributed by atoms with Crippen LogP contribution < -0.4 is 15.4 Å². The van der Waals surface area contributed by atoms with Gasteiger partial charge in [-0.05, 0) is 37.3 Å². The summed E-state index contributed by atoms with van der Waals surface area (Å²) in [5.41, 5.74) is 1.13. The third-order valence-electron chi connectivity index (χ3n) is 3.15. The lowest BCUT2D eigenvalue weighted by molar-refractivity contribution is 0.185. The molecule has 0 aliphatic carbocycles. The molecule has 0 aliphatic heterocycles. The van der Waals surface area contributed by atoms with E-state index in [1.54, 1.807) is 13.2 Å². The fourth-order valence-corrected chi connectivity index (χ4v) is 2.19. The third-order valence-corrected chi connectivity index (χ3v) is 3.15. The van der Waals surface area contributed by atoms with Gasteiger partial charge in [0, 0.05) is 32.4 Å². The summed E-state index contributed by atoms with van der Waals surface area (Å²) >= 11 is 0. The molecule has 1 heterocycles. The summed E-state index contributed by atoms with van der Waals surface area (Å²) in [4.78, 5) is 8.48. The van der Waals surface area contributed by atoms with Crippen LogP contribution in [0, 0.1) is 5.92 Å². The molecule has 1 aromatic rings. The van der Waals surface area contributed by atoms with E-state index in [1.165, 1.54) is 0 Å². The number of guanidine groups is 1. The molecule has 0 bridgehead atoms. The highest BCUT2D eigenvalue weighted by Crippen LogP contribution is 2.14. The molecule has 0 radical (unpaired) electrons. The van der Waals surface area contributed by atoms with Crippen molar-refractivity contribution in [3.63, 3.8) is 0 Å². The molecule has 23 heavy (non-hydrogen) atoms. The maximum Gasteiger partial charge on any atom is 0.213 e. The van der Waals surface area contributed by atoms with E-state index in [9.17, 15) is 0 Å². The Hall–Kier alpha value is -1.05. The zero-order valence-corrected chi connectivity index (χ0v) is 17.3. The minimum absolute atomic E-state index is 0. The summed E-state index contributed by atoms with van der Waals surface area (Å²) in [5.74, 6) is 2.12. The molecule has 132 valence electrons. The van der Waals surface area contributed by atoms with Crippen molar-refractivity contribution >= 4 is 29.9 Å². The summed E-state index contributed by atoms with van der Waals surface area (Å²) in [5, 5.41) is 6.54. The number of hydrogen-bond donors (Lipinski definition) is 2. The van der Waals surface area contributed by atoms with Crippen LogP contribution in [-0.4, -0.2) is 30.6 Å². The van der Waals surface area contributed by atoms with E-state index >= 15 is 0 Å². The van der Waals surface area contributed by atoms with Crippen molar-refractivity contribution in [2.75, 3.05) is 13.6 Å². The average Bonchev–Trinajstić information content (AvgIpc) is 2.47. The van der Waals surface area contributed by atoms with Crippen molar-refractivity contribution in [3.8, 4) is 5.88 Å². The Bertz CT molecular complexity index is 466. The van der Waals surface area contributed by atoms with E-state index in [0.717, 1.165) is 30.9 Å². The van der Waals surface area contributed by atoms with Gasteiger partial charge in [-0.1, -0.05) is 20.8 Å². The van der Waals surface area contributed by atoms with Gasteiger partial charge in [0.15, 0.2) is 5.96 Å². The van der Waals surface area contributed by atoms with Crippen LogP contribution in [-0.2, 0) is 6.54 Å². The van der Waals surface area contributed by atoms with Gasteiger partial charge < -0.3 is 15.4 Å². The van der Waals surface area contributed by atoms with Crippen LogP contribution in [0.15, 0.2) is 23.3 Å². The fourth-order valence-electron chi connectivity index (χ4n) is 2.19. The second-order valence-corrected chi connectivity index (χ2v) is 5.91. The Balaban J connectivity index is 0.00000484. The molecule has 1 rings (SSSR count). The first-order chi connectivity index (χ1) is 10.5. The molecule has 1 aromatic heterocycles. The highest BCUT2D eigenvalue weighted by atomic mass is 127. The first-order valence-corrected chi connectivity index (χ1v) is 8.11. The van der Waals surface area contributed by atoms with Gasteiger partial charge in [0.1, 0.15) is 0 Å². The van der Waals surface area contributed by atoms with Crippen LogP contribution in [0.1, 0.15) is 46.1 Å². The van der Waals surface area contributed by atoms with Crippen molar-refractivity contribution in [2.45, 2.75) is 53.2 Å². The van der Waals surface area contributed by atoms with E-state index in [4.69, 9.17) is 4.74 Å². The minimum Gasteiger partial charge on any atom is -0.475 e. The zero-order chi connectivity index (χ0) is 16.4. The fraction of sp³-hybridized carbons (Fsp3) is 0.647. The molecule has 1 unspecified atom stereocenters. The quantitative estimate of drug-likeness (QED) is 0.373. The topological polar surface area (TPSA) is 58.5 Å². The average molecular weight is 434 g/mol. The molecule has 0 fully saturated rings. The molecule has 0 saturated carbocycles. The number of halogens is 1. The van der Waals surface area contributed by atoms with Crippen molar-refractivity contribution in [1.82, 2.24) is 15.6 Å². The van der Waals surface area contributed by atoms with Crippen LogP contribution in [0.4, 0.5) is 0 Å². The predicted octanol–water partition coefficient (Wildman–Crippen LogP) is 3.59. The van der Waals surface area contributed by atoms with E-state index < -0.39 is 0 Å². The molecular formula is C17H31IN4O.